The van der Waals surface area contributed by atoms with Crippen LogP contribution in [-0.4, -0.2) is 27.2 Å². The maximum Gasteiger partial charge on any atom is 0.271 e. The van der Waals surface area contributed by atoms with Crippen LogP contribution in [0.3, 0.4) is 0 Å². The minimum atomic E-state index is -0.170. The van der Waals surface area contributed by atoms with Crippen LogP contribution in [0.1, 0.15) is 34.0 Å². The molecule has 0 spiro atoms. The van der Waals surface area contributed by atoms with Gasteiger partial charge in [0, 0.05) is 30.6 Å². The quantitative estimate of drug-likeness (QED) is 0.870. The van der Waals surface area contributed by atoms with Crippen LogP contribution >= 0.6 is 23.7 Å². The van der Waals surface area contributed by atoms with Crippen LogP contribution in [0.4, 0.5) is 0 Å². The summed E-state index contributed by atoms with van der Waals surface area (Å²) >= 11 is 1.46. The molecule has 0 saturated heterocycles. The summed E-state index contributed by atoms with van der Waals surface area (Å²) in [5.74, 6) is -0.170. The summed E-state index contributed by atoms with van der Waals surface area (Å²) in [5, 5.41) is 9.64. The van der Waals surface area contributed by atoms with Gasteiger partial charge >= 0.3 is 0 Å². The summed E-state index contributed by atoms with van der Waals surface area (Å²) in [5.41, 5.74) is 6.88. The fraction of sp³-hybridized carbons (Fsp3) is 0.417. The summed E-state index contributed by atoms with van der Waals surface area (Å²) in [6.07, 6.45) is 4.33. The van der Waals surface area contributed by atoms with E-state index in [2.05, 4.69) is 15.4 Å². The number of aryl methyl sites for hydroxylation is 1. The summed E-state index contributed by atoms with van der Waals surface area (Å²) in [4.78, 5) is 16.3. The molecule has 8 heteroatoms. The molecule has 110 valence electrons. The number of nitrogens with one attached hydrogen (secondary N) is 1. The highest BCUT2D eigenvalue weighted by Gasteiger charge is 2.15. The molecular weight excluding hydrogens is 298 g/mol. The van der Waals surface area contributed by atoms with Crippen LogP contribution in [0.25, 0.3) is 0 Å². The van der Waals surface area contributed by atoms with Crippen LogP contribution in [0, 0.1) is 0 Å². The van der Waals surface area contributed by atoms with Crippen molar-refractivity contribution in [2.75, 3.05) is 6.54 Å². The normalized spacial score (nSPS) is 11.8. The van der Waals surface area contributed by atoms with Gasteiger partial charge in [-0.15, -0.1) is 23.7 Å². The van der Waals surface area contributed by atoms with E-state index in [1.807, 2.05) is 20.2 Å². The Morgan fingerprint density at radius 2 is 2.35 bits per heavy atom. The van der Waals surface area contributed by atoms with E-state index in [9.17, 15) is 4.79 Å². The van der Waals surface area contributed by atoms with Gasteiger partial charge in [-0.05, 0) is 13.5 Å². The summed E-state index contributed by atoms with van der Waals surface area (Å²) in [6, 6.07) is -0.0964. The molecule has 0 aromatic carbocycles. The lowest BCUT2D eigenvalue weighted by Gasteiger charge is -2.10. The minimum absolute atomic E-state index is 0. The molecule has 0 radical (unpaired) electrons. The van der Waals surface area contributed by atoms with Crippen LogP contribution in [0.5, 0.6) is 0 Å². The van der Waals surface area contributed by atoms with E-state index in [0.717, 1.165) is 10.6 Å². The van der Waals surface area contributed by atoms with Crippen LogP contribution < -0.4 is 11.1 Å². The number of nitrogens with two attached hydrogens (primary N) is 1. The van der Waals surface area contributed by atoms with Gasteiger partial charge in [-0.2, -0.15) is 5.10 Å². The average Bonchev–Trinajstić information content (AvgIpc) is 2.98. The van der Waals surface area contributed by atoms with Gasteiger partial charge in [0.25, 0.3) is 5.91 Å². The Kier molecular flexibility index (Phi) is 6.12. The van der Waals surface area contributed by atoms with Crippen LogP contribution in [0.2, 0.25) is 0 Å². The molecule has 0 saturated carbocycles. The predicted molar refractivity (Wildman–Crippen MR) is 81.2 cm³/mol. The maximum absolute atomic E-state index is 12.0. The second-order valence-corrected chi connectivity index (χ2v) is 5.25. The van der Waals surface area contributed by atoms with E-state index in [4.69, 9.17) is 5.73 Å². The third kappa shape index (κ3) is 4.03. The summed E-state index contributed by atoms with van der Waals surface area (Å²) in [6.45, 7) is 2.46. The topological polar surface area (TPSA) is 85.8 Å². The Morgan fingerprint density at radius 3 is 2.95 bits per heavy atom. The highest BCUT2D eigenvalue weighted by molar-refractivity contribution is 7.09. The van der Waals surface area contributed by atoms with Gasteiger partial charge in [-0.3, -0.25) is 9.48 Å². The molecule has 0 aliphatic carbocycles. The molecule has 0 aliphatic rings. The Bertz CT molecular complexity index is 568. The van der Waals surface area contributed by atoms with Crippen molar-refractivity contribution in [1.82, 2.24) is 20.1 Å². The summed E-state index contributed by atoms with van der Waals surface area (Å²) in [7, 11) is 1.84. The molecule has 0 fully saturated rings. The molecule has 0 aliphatic heterocycles. The first kappa shape index (κ1) is 16.6. The van der Waals surface area contributed by atoms with E-state index < -0.39 is 0 Å². The lowest BCUT2D eigenvalue weighted by molar-refractivity contribution is 0.0935. The van der Waals surface area contributed by atoms with Crippen molar-refractivity contribution < 1.29 is 4.79 Å². The van der Waals surface area contributed by atoms with Crippen molar-refractivity contribution in [3.05, 3.63) is 34.0 Å². The number of carbonyl (C=O) groups is 1. The van der Waals surface area contributed by atoms with Gasteiger partial charge in [0.15, 0.2) is 0 Å². The number of halogens is 1. The van der Waals surface area contributed by atoms with Gasteiger partial charge < -0.3 is 11.1 Å². The third-order valence-electron chi connectivity index (χ3n) is 2.72. The number of carbonyl (C=O) groups excluding carboxylic acids is 1. The fourth-order valence-corrected chi connectivity index (χ4v) is 2.47. The van der Waals surface area contributed by atoms with Crippen molar-refractivity contribution in [1.29, 1.82) is 0 Å². The van der Waals surface area contributed by atoms with Crippen LogP contribution in [0.15, 0.2) is 17.8 Å². The molecule has 1 unspecified atom stereocenters. The van der Waals surface area contributed by atoms with Crippen LogP contribution in [-0.2, 0) is 13.5 Å². The van der Waals surface area contributed by atoms with E-state index >= 15 is 0 Å². The number of thiazole rings is 1. The van der Waals surface area contributed by atoms with E-state index in [0.29, 0.717) is 18.7 Å². The Labute approximate surface area is 127 Å². The zero-order chi connectivity index (χ0) is 13.8. The third-order valence-corrected chi connectivity index (χ3v) is 3.62. The second-order valence-electron chi connectivity index (χ2n) is 4.31. The standard InChI is InChI=1S/C12H17N5OS.ClH/c1-8(9-5-14-17(2)6-9)15-12(18)10-7-19-11(16-10)3-4-13;/h5-8H,3-4,13H2,1-2H3,(H,15,18);1H. The highest BCUT2D eigenvalue weighted by Crippen LogP contribution is 2.14. The first-order valence-electron chi connectivity index (χ1n) is 6.04. The molecule has 2 aromatic rings. The zero-order valence-electron chi connectivity index (χ0n) is 11.4. The zero-order valence-corrected chi connectivity index (χ0v) is 13.0. The Hall–Kier alpha value is -1.44. The first-order chi connectivity index (χ1) is 9.10. The number of aromatic nitrogens is 3. The molecule has 2 aromatic heterocycles. The number of rotatable bonds is 5. The molecule has 2 rings (SSSR count). The molecule has 2 heterocycles. The van der Waals surface area contributed by atoms with Crippen molar-refractivity contribution in [3.63, 3.8) is 0 Å². The SMILES string of the molecule is CC(NC(=O)c1csc(CCN)n1)c1cnn(C)c1.Cl. The second kappa shape index (κ2) is 7.37. The van der Waals surface area contributed by atoms with E-state index in [1.165, 1.54) is 11.3 Å². The van der Waals surface area contributed by atoms with Gasteiger partial charge in [-0.25, -0.2) is 4.98 Å². The smallest absolute Gasteiger partial charge is 0.271 e. The fourth-order valence-electron chi connectivity index (χ4n) is 1.67. The monoisotopic (exact) mass is 315 g/mol. The largest absolute Gasteiger partial charge is 0.344 e. The lowest BCUT2D eigenvalue weighted by atomic mass is 10.2. The Balaban J connectivity index is 0.00000200. The molecule has 6 nitrogen and oxygen atoms in total. The average molecular weight is 316 g/mol. The maximum atomic E-state index is 12.0. The number of hydrogen-bond donors (Lipinski definition) is 2. The minimum Gasteiger partial charge on any atom is -0.344 e. The first-order valence-corrected chi connectivity index (χ1v) is 6.92. The van der Waals surface area contributed by atoms with E-state index in [-0.39, 0.29) is 24.4 Å². The van der Waals surface area contributed by atoms with E-state index in [1.54, 1.807) is 16.3 Å². The molecular formula is C12H18ClN5OS. The molecule has 20 heavy (non-hydrogen) atoms. The van der Waals surface area contributed by atoms with Crippen molar-refractivity contribution >= 4 is 29.7 Å². The van der Waals surface area contributed by atoms with Crippen molar-refractivity contribution in [2.45, 2.75) is 19.4 Å². The van der Waals surface area contributed by atoms with Gasteiger partial charge in [-0.1, -0.05) is 0 Å². The van der Waals surface area contributed by atoms with Gasteiger partial charge in [0.1, 0.15) is 5.69 Å². The van der Waals surface area contributed by atoms with Gasteiger partial charge in [0.2, 0.25) is 0 Å². The predicted octanol–water partition coefficient (Wildman–Crippen LogP) is 1.29. The van der Waals surface area contributed by atoms with Crippen molar-refractivity contribution in [3.8, 4) is 0 Å². The summed E-state index contributed by atoms with van der Waals surface area (Å²) < 4.78 is 1.71. The number of nitrogens with zero attached hydrogens (tertiary/aromatic N) is 3. The molecule has 1 amide bonds. The number of amides is 1. The molecule has 1 atom stereocenters. The molecule has 3 N–H and O–H groups in total. The Morgan fingerprint density at radius 1 is 1.60 bits per heavy atom. The number of hydrogen-bond acceptors (Lipinski definition) is 5. The lowest BCUT2D eigenvalue weighted by Crippen LogP contribution is -2.26. The highest BCUT2D eigenvalue weighted by atomic mass is 35.5. The molecule has 0 bridgehead atoms. The van der Waals surface area contributed by atoms with Crippen molar-refractivity contribution in [2.24, 2.45) is 12.8 Å². The van der Waals surface area contributed by atoms with Gasteiger partial charge in [0.05, 0.1) is 17.2 Å².